The van der Waals surface area contributed by atoms with Gasteiger partial charge in [0.1, 0.15) is 0 Å². The predicted molar refractivity (Wildman–Crippen MR) is 60.4 cm³/mol. The third-order valence-electron chi connectivity index (χ3n) is 2.85. The van der Waals surface area contributed by atoms with E-state index in [1.54, 1.807) is 0 Å². The fourth-order valence-corrected chi connectivity index (χ4v) is 2.08. The molecule has 2 unspecified atom stereocenters. The molecular weight excluding hydrogens is 174 g/mol. The maximum absolute atomic E-state index is 5.39. The molecule has 1 N–H and O–H groups in total. The van der Waals surface area contributed by atoms with Crippen molar-refractivity contribution in [3.05, 3.63) is 12.7 Å². The molecule has 0 amide bonds. The van der Waals surface area contributed by atoms with E-state index in [4.69, 9.17) is 4.74 Å². The molecule has 2 heteroatoms. The monoisotopic (exact) mass is 197 g/mol. The number of ether oxygens (including phenoxy) is 1. The topological polar surface area (TPSA) is 21.3 Å². The summed E-state index contributed by atoms with van der Waals surface area (Å²) in [7, 11) is 0. The van der Waals surface area contributed by atoms with E-state index in [-0.39, 0.29) is 0 Å². The Hall–Kier alpha value is -0.340. The summed E-state index contributed by atoms with van der Waals surface area (Å²) >= 11 is 0. The third-order valence-corrected chi connectivity index (χ3v) is 2.85. The van der Waals surface area contributed by atoms with Crippen LogP contribution in [0, 0.1) is 5.92 Å². The minimum atomic E-state index is 0.657. The van der Waals surface area contributed by atoms with Gasteiger partial charge in [0.2, 0.25) is 0 Å². The number of hydrogen-bond acceptors (Lipinski definition) is 2. The van der Waals surface area contributed by atoms with Gasteiger partial charge in [0.15, 0.2) is 0 Å². The van der Waals surface area contributed by atoms with Crippen LogP contribution in [0.5, 0.6) is 0 Å². The molecular formula is C12H23NO. The summed E-state index contributed by atoms with van der Waals surface area (Å²) < 4.78 is 5.39. The van der Waals surface area contributed by atoms with Gasteiger partial charge in [0, 0.05) is 19.3 Å². The van der Waals surface area contributed by atoms with E-state index in [0.717, 1.165) is 32.1 Å². The molecule has 0 spiro atoms. The largest absolute Gasteiger partial charge is 0.381 e. The second-order valence-corrected chi connectivity index (χ2v) is 4.09. The van der Waals surface area contributed by atoms with Crippen molar-refractivity contribution in [2.24, 2.45) is 5.92 Å². The number of allylic oxidation sites excluding steroid dienone is 1. The summed E-state index contributed by atoms with van der Waals surface area (Å²) in [4.78, 5) is 0. The summed E-state index contributed by atoms with van der Waals surface area (Å²) in [5.74, 6) is 0.781. The average Bonchev–Trinajstić information content (AvgIpc) is 2.67. The van der Waals surface area contributed by atoms with Crippen molar-refractivity contribution in [1.82, 2.24) is 5.32 Å². The van der Waals surface area contributed by atoms with Gasteiger partial charge in [-0.3, -0.25) is 0 Å². The fourth-order valence-electron chi connectivity index (χ4n) is 2.08. The first-order valence-corrected chi connectivity index (χ1v) is 5.78. The summed E-state index contributed by atoms with van der Waals surface area (Å²) in [5, 5.41) is 3.54. The Labute approximate surface area is 87.7 Å². The van der Waals surface area contributed by atoms with Gasteiger partial charge in [0.05, 0.1) is 0 Å². The molecule has 0 aromatic heterocycles. The summed E-state index contributed by atoms with van der Waals surface area (Å²) in [6.45, 7) is 8.94. The molecule has 0 saturated carbocycles. The van der Waals surface area contributed by atoms with Crippen molar-refractivity contribution in [2.45, 2.75) is 38.6 Å². The second-order valence-electron chi connectivity index (χ2n) is 4.09. The molecule has 0 aliphatic carbocycles. The van der Waals surface area contributed by atoms with Gasteiger partial charge < -0.3 is 10.1 Å². The minimum Gasteiger partial charge on any atom is -0.381 e. The highest BCUT2D eigenvalue weighted by Crippen LogP contribution is 2.20. The van der Waals surface area contributed by atoms with Crippen LogP contribution in [0.4, 0.5) is 0 Å². The number of rotatable bonds is 7. The van der Waals surface area contributed by atoms with E-state index in [0.29, 0.717) is 6.04 Å². The predicted octanol–water partition coefficient (Wildman–Crippen LogP) is 2.36. The van der Waals surface area contributed by atoms with E-state index in [1.165, 1.54) is 19.3 Å². The van der Waals surface area contributed by atoms with Crippen LogP contribution in [0.3, 0.4) is 0 Å². The highest BCUT2D eigenvalue weighted by atomic mass is 16.5. The van der Waals surface area contributed by atoms with Gasteiger partial charge in [-0.05, 0) is 38.1 Å². The first kappa shape index (κ1) is 11.7. The zero-order valence-electron chi connectivity index (χ0n) is 9.30. The van der Waals surface area contributed by atoms with Crippen LogP contribution in [0.2, 0.25) is 0 Å². The summed E-state index contributed by atoms with van der Waals surface area (Å²) in [5.41, 5.74) is 0. The molecule has 1 aliphatic rings. The smallest absolute Gasteiger partial charge is 0.0495 e. The molecule has 0 bridgehead atoms. The lowest BCUT2D eigenvalue weighted by atomic mass is 9.96. The minimum absolute atomic E-state index is 0.657. The maximum atomic E-state index is 5.39. The standard InChI is InChI=1S/C12H23NO/c1-3-5-6-12(13-4-2)9-11-7-8-14-10-11/h3,11-13H,1,4-10H2,2H3. The van der Waals surface area contributed by atoms with Crippen molar-refractivity contribution in [2.75, 3.05) is 19.8 Å². The third kappa shape index (κ3) is 4.25. The van der Waals surface area contributed by atoms with E-state index in [9.17, 15) is 0 Å². The Bertz CT molecular complexity index is 152. The summed E-state index contributed by atoms with van der Waals surface area (Å²) in [6, 6.07) is 0.657. The molecule has 2 nitrogen and oxygen atoms in total. The molecule has 1 heterocycles. The average molecular weight is 197 g/mol. The van der Waals surface area contributed by atoms with E-state index in [2.05, 4.69) is 18.8 Å². The molecule has 82 valence electrons. The molecule has 1 rings (SSSR count). The van der Waals surface area contributed by atoms with Gasteiger partial charge >= 0.3 is 0 Å². The Morgan fingerprint density at radius 3 is 3.07 bits per heavy atom. The SMILES string of the molecule is C=CCCC(CC1CCOC1)NCC. The zero-order valence-corrected chi connectivity index (χ0v) is 9.30. The van der Waals surface area contributed by atoms with Gasteiger partial charge in [-0.1, -0.05) is 13.0 Å². The molecule has 0 aromatic rings. The highest BCUT2D eigenvalue weighted by molar-refractivity contribution is 4.77. The van der Waals surface area contributed by atoms with Crippen LogP contribution >= 0.6 is 0 Å². The zero-order chi connectivity index (χ0) is 10.2. The van der Waals surface area contributed by atoms with Gasteiger partial charge in [0.25, 0.3) is 0 Å². The normalized spacial score (nSPS) is 23.6. The van der Waals surface area contributed by atoms with Crippen molar-refractivity contribution < 1.29 is 4.74 Å². The highest BCUT2D eigenvalue weighted by Gasteiger charge is 2.19. The molecule has 1 aliphatic heterocycles. The molecule has 1 saturated heterocycles. The van der Waals surface area contributed by atoms with Gasteiger partial charge in [-0.25, -0.2) is 0 Å². The maximum Gasteiger partial charge on any atom is 0.0495 e. The van der Waals surface area contributed by atoms with Crippen LogP contribution in [0.1, 0.15) is 32.6 Å². The van der Waals surface area contributed by atoms with Gasteiger partial charge in [-0.2, -0.15) is 0 Å². The Balaban J connectivity index is 2.21. The van der Waals surface area contributed by atoms with Crippen LogP contribution in [0.25, 0.3) is 0 Å². The fraction of sp³-hybridized carbons (Fsp3) is 0.833. The van der Waals surface area contributed by atoms with E-state index in [1.807, 2.05) is 6.08 Å². The van der Waals surface area contributed by atoms with Crippen LogP contribution in [0.15, 0.2) is 12.7 Å². The molecule has 1 fully saturated rings. The van der Waals surface area contributed by atoms with Crippen LogP contribution < -0.4 is 5.32 Å². The molecule has 14 heavy (non-hydrogen) atoms. The lowest BCUT2D eigenvalue weighted by Crippen LogP contribution is -2.31. The Morgan fingerprint density at radius 2 is 2.50 bits per heavy atom. The Kier molecular flexibility index (Phi) is 5.88. The van der Waals surface area contributed by atoms with E-state index >= 15 is 0 Å². The van der Waals surface area contributed by atoms with Gasteiger partial charge in [-0.15, -0.1) is 6.58 Å². The first-order chi connectivity index (χ1) is 6.86. The van der Waals surface area contributed by atoms with Crippen molar-refractivity contribution in [3.8, 4) is 0 Å². The summed E-state index contributed by atoms with van der Waals surface area (Å²) in [6.07, 6.45) is 6.85. The molecule has 0 radical (unpaired) electrons. The van der Waals surface area contributed by atoms with Crippen LogP contribution in [-0.4, -0.2) is 25.8 Å². The number of nitrogens with one attached hydrogen (secondary N) is 1. The Morgan fingerprint density at radius 1 is 1.64 bits per heavy atom. The second kappa shape index (κ2) is 7.02. The van der Waals surface area contributed by atoms with Crippen molar-refractivity contribution in [1.29, 1.82) is 0 Å². The first-order valence-electron chi connectivity index (χ1n) is 5.78. The van der Waals surface area contributed by atoms with Crippen LogP contribution in [-0.2, 0) is 4.74 Å². The molecule has 2 atom stereocenters. The van der Waals surface area contributed by atoms with E-state index < -0.39 is 0 Å². The molecule has 0 aromatic carbocycles. The van der Waals surface area contributed by atoms with Crippen molar-refractivity contribution in [3.63, 3.8) is 0 Å². The van der Waals surface area contributed by atoms with Crippen molar-refractivity contribution >= 4 is 0 Å². The number of hydrogen-bond donors (Lipinski definition) is 1. The lowest BCUT2D eigenvalue weighted by molar-refractivity contribution is 0.181. The quantitative estimate of drug-likeness (QED) is 0.633. The lowest BCUT2D eigenvalue weighted by Gasteiger charge is -2.20.